The second-order valence-corrected chi connectivity index (χ2v) is 7.46. The Morgan fingerprint density at radius 2 is 1.81 bits per heavy atom. The number of hydrogen-bond acceptors (Lipinski definition) is 6. The van der Waals surface area contributed by atoms with Gasteiger partial charge in [0.25, 0.3) is 5.91 Å². The minimum Gasteiger partial charge on any atom is -0.497 e. The van der Waals surface area contributed by atoms with E-state index in [0.717, 1.165) is 41.9 Å². The zero-order chi connectivity index (χ0) is 23.1. The summed E-state index contributed by atoms with van der Waals surface area (Å²) in [6.07, 6.45) is 0. The predicted octanol–water partition coefficient (Wildman–Crippen LogP) is 4.41. The maximum Gasteiger partial charge on any atom is 0.287 e. The van der Waals surface area contributed by atoms with Crippen molar-refractivity contribution in [2.24, 2.45) is 0 Å². The zero-order valence-electron chi connectivity index (χ0n) is 19.5. The number of fused-ring (bicyclic) bond motifs is 1. The van der Waals surface area contributed by atoms with Gasteiger partial charge in [0.2, 0.25) is 0 Å². The van der Waals surface area contributed by atoms with Crippen LogP contribution in [0.1, 0.15) is 35.5 Å². The minimum atomic E-state index is -0.267. The third-order valence-electron chi connectivity index (χ3n) is 5.59. The third kappa shape index (κ3) is 5.34. The number of hydrogen-bond donors (Lipinski definition) is 1. The molecule has 0 fully saturated rings. The Bertz CT molecular complexity index is 1060. The summed E-state index contributed by atoms with van der Waals surface area (Å²) >= 11 is 0. The van der Waals surface area contributed by atoms with E-state index in [9.17, 15) is 4.79 Å². The van der Waals surface area contributed by atoms with Gasteiger partial charge in [-0.25, -0.2) is 0 Å². The highest BCUT2D eigenvalue weighted by molar-refractivity contribution is 5.99. The topological polar surface area (TPSA) is 73.2 Å². The highest BCUT2D eigenvalue weighted by Crippen LogP contribution is 2.30. The summed E-state index contributed by atoms with van der Waals surface area (Å²) in [4.78, 5) is 15.0. The van der Waals surface area contributed by atoms with E-state index in [2.05, 4.69) is 24.1 Å². The van der Waals surface area contributed by atoms with Crippen LogP contribution < -0.4 is 19.5 Å². The number of carbonyl (C=O) groups is 1. The van der Waals surface area contributed by atoms with Crippen molar-refractivity contribution in [1.82, 2.24) is 10.2 Å². The number of furan rings is 1. The van der Waals surface area contributed by atoms with Crippen LogP contribution in [-0.2, 0) is 6.54 Å². The maximum atomic E-state index is 12.7. The summed E-state index contributed by atoms with van der Waals surface area (Å²) in [7, 11) is 3.22. The molecule has 3 aromatic rings. The summed E-state index contributed by atoms with van der Waals surface area (Å²) in [6, 6.07) is 11.2. The van der Waals surface area contributed by atoms with E-state index in [1.54, 1.807) is 14.2 Å². The van der Waals surface area contributed by atoms with Gasteiger partial charge in [-0.3, -0.25) is 4.79 Å². The lowest BCUT2D eigenvalue weighted by molar-refractivity contribution is 0.0924. The first-order valence-electron chi connectivity index (χ1n) is 10.9. The molecule has 2 aromatic carbocycles. The summed E-state index contributed by atoms with van der Waals surface area (Å²) in [5.74, 6) is 2.09. The molecule has 1 heterocycles. The van der Waals surface area contributed by atoms with Crippen molar-refractivity contribution in [2.75, 3.05) is 40.5 Å². The van der Waals surface area contributed by atoms with Gasteiger partial charge in [0.05, 0.1) is 14.2 Å². The average molecular weight is 441 g/mol. The smallest absolute Gasteiger partial charge is 0.287 e. The van der Waals surface area contributed by atoms with Crippen molar-refractivity contribution in [1.29, 1.82) is 0 Å². The highest BCUT2D eigenvalue weighted by Gasteiger charge is 2.18. The van der Waals surface area contributed by atoms with Gasteiger partial charge in [-0.1, -0.05) is 19.9 Å². The fourth-order valence-corrected chi connectivity index (χ4v) is 3.57. The van der Waals surface area contributed by atoms with Gasteiger partial charge >= 0.3 is 0 Å². The van der Waals surface area contributed by atoms with Gasteiger partial charge in [-0.2, -0.15) is 0 Å². The van der Waals surface area contributed by atoms with Crippen LogP contribution >= 0.6 is 0 Å². The number of nitrogens with one attached hydrogen (secondary N) is 1. The van der Waals surface area contributed by atoms with Crippen LogP contribution in [0, 0.1) is 6.92 Å². The normalized spacial score (nSPS) is 11.1. The molecule has 0 radical (unpaired) electrons. The van der Waals surface area contributed by atoms with E-state index in [4.69, 9.17) is 18.6 Å². The van der Waals surface area contributed by atoms with E-state index in [1.165, 1.54) is 0 Å². The second-order valence-electron chi connectivity index (χ2n) is 7.46. The minimum absolute atomic E-state index is 0.267. The van der Waals surface area contributed by atoms with Gasteiger partial charge in [0.15, 0.2) is 17.3 Å². The molecular formula is C25H32N2O5. The standard InChI is InChI=1S/C25H32N2O5/c1-6-27(7-2)12-13-31-22-10-8-18(14-23(22)30-5)16-26-25(28)24-17(3)20-15-19(29-4)9-11-21(20)32-24/h8-11,14-15H,6-7,12-13,16H2,1-5H3,(H,26,28). The van der Waals surface area contributed by atoms with E-state index in [0.29, 0.717) is 36.0 Å². The van der Waals surface area contributed by atoms with Crippen LogP contribution in [-0.4, -0.2) is 51.3 Å². The number of likely N-dealkylation sites (N-methyl/N-ethyl adjacent to an activating group) is 1. The van der Waals surface area contributed by atoms with Gasteiger partial charge in [-0.15, -0.1) is 0 Å². The van der Waals surface area contributed by atoms with E-state index in [-0.39, 0.29) is 5.91 Å². The Morgan fingerprint density at radius 3 is 2.50 bits per heavy atom. The highest BCUT2D eigenvalue weighted by atomic mass is 16.5. The molecule has 0 atom stereocenters. The quantitative estimate of drug-likeness (QED) is 0.476. The summed E-state index contributed by atoms with van der Waals surface area (Å²) in [5, 5.41) is 3.79. The molecule has 0 bridgehead atoms. The first-order valence-corrected chi connectivity index (χ1v) is 10.9. The number of rotatable bonds is 11. The molecule has 172 valence electrons. The van der Waals surface area contributed by atoms with Gasteiger partial charge < -0.3 is 28.8 Å². The molecule has 3 rings (SSSR count). The molecule has 0 aliphatic carbocycles. The van der Waals surface area contributed by atoms with Crippen LogP contribution in [0.4, 0.5) is 0 Å². The van der Waals surface area contributed by atoms with Crippen molar-refractivity contribution in [3.05, 3.63) is 53.3 Å². The summed E-state index contributed by atoms with van der Waals surface area (Å²) in [5.41, 5.74) is 2.34. The first-order chi connectivity index (χ1) is 15.5. The molecular weight excluding hydrogens is 408 g/mol. The molecule has 7 heteroatoms. The Balaban J connectivity index is 1.64. The Morgan fingerprint density at radius 1 is 1.03 bits per heavy atom. The molecule has 0 aliphatic rings. The van der Waals surface area contributed by atoms with Crippen LogP contribution in [0.3, 0.4) is 0 Å². The van der Waals surface area contributed by atoms with Crippen molar-refractivity contribution < 1.29 is 23.4 Å². The van der Waals surface area contributed by atoms with Gasteiger partial charge in [0, 0.05) is 24.0 Å². The molecule has 0 aliphatic heterocycles. The zero-order valence-corrected chi connectivity index (χ0v) is 19.5. The van der Waals surface area contributed by atoms with Crippen LogP contribution in [0.2, 0.25) is 0 Å². The largest absolute Gasteiger partial charge is 0.497 e. The molecule has 32 heavy (non-hydrogen) atoms. The number of amides is 1. The van der Waals surface area contributed by atoms with Crippen molar-refractivity contribution in [3.63, 3.8) is 0 Å². The van der Waals surface area contributed by atoms with Crippen molar-refractivity contribution >= 4 is 16.9 Å². The SMILES string of the molecule is CCN(CC)CCOc1ccc(CNC(=O)c2oc3ccc(OC)cc3c2C)cc1OC. The number of ether oxygens (including phenoxy) is 3. The maximum absolute atomic E-state index is 12.7. The van der Waals surface area contributed by atoms with E-state index >= 15 is 0 Å². The number of nitrogens with zero attached hydrogens (tertiary/aromatic N) is 1. The van der Waals surface area contributed by atoms with E-state index in [1.807, 2.05) is 43.3 Å². The summed E-state index contributed by atoms with van der Waals surface area (Å²) in [6.45, 7) is 9.92. The average Bonchev–Trinajstić information content (AvgIpc) is 3.16. The lowest BCUT2D eigenvalue weighted by Gasteiger charge is -2.19. The Labute approximate surface area is 189 Å². The Hall–Kier alpha value is -3.19. The lowest BCUT2D eigenvalue weighted by Crippen LogP contribution is -2.28. The van der Waals surface area contributed by atoms with Crippen LogP contribution in [0.5, 0.6) is 17.2 Å². The number of carbonyl (C=O) groups excluding carboxylic acids is 1. The van der Waals surface area contributed by atoms with Gasteiger partial charge in [0.1, 0.15) is 17.9 Å². The fourth-order valence-electron chi connectivity index (χ4n) is 3.57. The van der Waals surface area contributed by atoms with Gasteiger partial charge in [-0.05, 0) is 55.9 Å². The van der Waals surface area contributed by atoms with Crippen LogP contribution in [0.25, 0.3) is 11.0 Å². The predicted molar refractivity (Wildman–Crippen MR) is 125 cm³/mol. The monoisotopic (exact) mass is 440 g/mol. The lowest BCUT2D eigenvalue weighted by atomic mass is 10.1. The fraction of sp³-hybridized carbons (Fsp3) is 0.400. The van der Waals surface area contributed by atoms with Crippen molar-refractivity contribution in [2.45, 2.75) is 27.3 Å². The Kier molecular flexibility index (Phi) is 8.00. The molecule has 0 unspecified atom stereocenters. The summed E-state index contributed by atoms with van der Waals surface area (Å²) < 4.78 is 22.4. The molecule has 0 spiro atoms. The molecule has 1 N–H and O–H groups in total. The number of methoxy groups -OCH3 is 2. The number of aryl methyl sites for hydroxylation is 1. The first kappa shape index (κ1) is 23.5. The molecule has 1 amide bonds. The van der Waals surface area contributed by atoms with Crippen LogP contribution in [0.15, 0.2) is 40.8 Å². The molecule has 7 nitrogen and oxygen atoms in total. The van der Waals surface area contributed by atoms with Crippen molar-refractivity contribution in [3.8, 4) is 17.2 Å². The van der Waals surface area contributed by atoms with E-state index < -0.39 is 0 Å². The third-order valence-corrected chi connectivity index (χ3v) is 5.59. The number of benzene rings is 2. The molecule has 0 saturated carbocycles. The second kappa shape index (κ2) is 10.9. The molecule has 1 aromatic heterocycles. The molecule has 0 saturated heterocycles.